The fraction of sp³-hybridized carbons (Fsp3) is 0.667. The molecule has 1 saturated carbocycles. The van der Waals surface area contributed by atoms with Gasteiger partial charge in [0.25, 0.3) is 0 Å². The predicted molar refractivity (Wildman–Crippen MR) is 83.2 cm³/mol. The summed E-state index contributed by atoms with van der Waals surface area (Å²) < 4.78 is 0. The molecule has 0 aromatic carbocycles. The molecule has 1 fully saturated rings. The van der Waals surface area contributed by atoms with Crippen LogP contribution >= 0.6 is 11.3 Å². The largest absolute Gasteiger partial charge is 0.346 e. The van der Waals surface area contributed by atoms with Gasteiger partial charge in [-0.25, -0.2) is 4.98 Å². The molecule has 116 valence electrons. The van der Waals surface area contributed by atoms with Crippen LogP contribution in [0.2, 0.25) is 0 Å². The van der Waals surface area contributed by atoms with Crippen LogP contribution in [-0.2, 0) is 4.79 Å². The molecule has 1 heterocycles. The number of hydrogen-bond acceptors (Lipinski definition) is 5. The molecular formula is C15H23N3O2S. The standard InChI is InChI=1S/C15H23N3O2S/c16-8-4-3-7-12(13(19)15-17-9-10-21-15)18-14(20)11-5-1-2-6-11/h9-12H,1-8,16H2,(H,18,20). The molecule has 0 radical (unpaired) electrons. The lowest BCUT2D eigenvalue weighted by molar-refractivity contribution is -0.125. The van der Waals surface area contributed by atoms with Crippen LogP contribution in [0.3, 0.4) is 0 Å². The van der Waals surface area contributed by atoms with Crippen molar-refractivity contribution in [2.75, 3.05) is 6.54 Å². The third kappa shape index (κ3) is 4.61. The first-order valence-electron chi connectivity index (χ1n) is 7.66. The van der Waals surface area contributed by atoms with Gasteiger partial charge in [-0.05, 0) is 38.6 Å². The molecule has 5 nitrogen and oxygen atoms in total. The van der Waals surface area contributed by atoms with Crippen LogP contribution in [-0.4, -0.2) is 29.3 Å². The molecule has 0 saturated heterocycles. The average Bonchev–Trinajstić information content (AvgIpc) is 3.18. The first-order chi connectivity index (χ1) is 10.2. The van der Waals surface area contributed by atoms with Crippen LogP contribution in [0.5, 0.6) is 0 Å². The first-order valence-corrected chi connectivity index (χ1v) is 8.54. The lowest BCUT2D eigenvalue weighted by atomic mass is 10.0. The van der Waals surface area contributed by atoms with Crippen LogP contribution in [0.1, 0.15) is 54.7 Å². The van der Waals surface area contributed by atoms with E-state index in [0.717, 1.165) is 38.5 Å². The van der Waals surface area contributed by atoms with Gasteiger partial charge in [0.1, 0.15) is 0 Å². The predicted octanol–water partition coefficient (Wildman–Crippen LogP) is 2.13. The highest BCUT2D eigenvalue weighted by Gasteiger charge is 2.28. The average molecular weight is 309 g/mol. The number of hydrogen-bond donors (Lipinski definition) is 2. The number of rotatable bonds is 8. The van der Waals surface area contributed by atoms with Gasteiger partial charge in [0.05, 0.1) is 6.04 Å². The number of unbranched alkanes of at least 4 members (excludes halogenated alkanes) is 1. The van der Waals surface area contributed by atoms with E-state index >= 15 is 0 Å². The number of ketones is 1. The minimum absolute atomic E-state index is 0.0233. The molecule has 0 bridgehead atoms. The van der Waals surface area contributed by atoms with E-state index in [9.17, 15) is 9.59 Å². The molecule has 21 heavy (non-hydrogen) atoms. The van der Waals surface area contributed by atoms with Crippen molar-refractivity contribution < 1.29 is 9.59 Å². The van der Waals surface area contributed by atoms with E-state index < -0.39 is 6.04 Å². The molecule has 1 amide bonds. The number of carbonyl (C=O) groups is 2. The maximum absolute atomic E-state index is 12.5. The van der Waals surface area contributed by atoms with Gasteiger partial charge >= 0.3 is 0 Å². The summed E-state index contributed by atoms with van der Waals surface area (Å²) >= 11 is 1.32. The smallest absolute Gasteiger partial charge is 0.223 e. The van der Waals surface area contributed by atoms with Crippen LogP contribution in [0.4, 0.5) is 0 Å². The van der Waals surface area contributed by atoms with Crippen molar-refractivity contribution in [2.24, 2.45) is 11.7 Å². The highest BCUT2D eigenvalue weighted by Crippen LogP contribution is 2.25. The summed E-state index contributed by atoms with van der Waals surface area (Å²) in [5.41, 5.74) is 5.50. The SMILES string of the molecule is NCCCCC(NC(=O)C1CCCC1)C(=O)c1nccs1. The molecule has 1 aromatic heterocycles. The van der Waals surface area contributed by atoms with Crippen LogP contribution in [0, 0.1) is 5.92 Å². The number of thiazole rings is 1. The molecule has 0 spiro atoms. The second-order valence-corrected chi connectivity index (χ2v) is 6.42. The zero-order valence-electron chi connectivity index (χ0n) is 12.2. The van der Waals surface area contributed by atoms with Crippen molar-refractivity contribution in [3.8, 4) is 0 Å². The van der Waals surface area contributed by atoms with E-state index in [4.69, 9.17) is 5.73 Å². The lowest BCUT2D eigenvalue weighted by Crippen LogP contribution is -2.43. The van der Waals surface area contributed by atoms with E-state index in [0.29, 0.717) is 18.0 Å². The van der Waals surface area contributed by atoms with Crippen molar-refractivity contribution in [3.63, 3.8) is 0 Å². The fourth-order valence-corrected chi connectivity index (χ4v) is 3.36. The molecule has 3 N–H and O–H groups in total. The summed E-state index contributed by atoms with van der Waals surface area (Å²) in [4.78, 5) is 28.8. The molecule has 2 rings (SSSR count). The Morgan fingerprint density at radius 3 is 2.76 bits per heavy atom. The number of nitrogens with two attached hydrogens (primary N) is 1. The van der Waals surface area contributed by atoms with Gasteiger partial charge in [-0.3, -0.25) is 9.59 Å². The second kappa shape index (κ2) is 8.24. The van der Waals surface area contributed by atoms with Crippen molar-refractivity contribution in [2.45, 2.75) is 51.0 Å². The summed E-state index contributed by atoms with van der Waals surface area (Å²) in [6.07, 6.45) is 8.04. The number of nitrogens with one attached hydrogen (secondary N) is 1. The molecule has 1 atom stereocenters. The third-order valence-corrected chi connectivity index (χ3v) is 4.74. The Labute approximate surface area is 129 Å². The summed E-state index contributed by atoms with van der Waals surface area (Å²) in [6.45, 7) is 0.606. The summed E-state index contributed by atoms with van der Waals surface area (Å²) in [5.74, 6) is 0.0228. The van der Waals surface area contributed by atoms with Gasteiger partial charge in [0, 0.05) is 17.5 Å². The number of amides is 1. The summed E-state index contributed by atoms with van der Waals surface area (Å²) in [6, 6.07) is -0.462. The van der Waals surface area contributed by atoms with Crippen molar-refractivity contribution >= 4 is 23.0 Å². The quantitative estimate of drug-likeness (QED) is 0.569. The number of carbonyl (C=O) groups excluding carboxylic acids is 2. The van der Waals surface area contributed by atoms with E-state index in [1.165, 1.54) is 11.3 Å². The van der Waals surface area contributed by atoms with Gasteiger partial charge in [-0.1, -0.05) is 12.8 Å². The second-order valence-electron chi connectivity index (χ2n) is 5.53. The molecule has 1 aliphatic carbocycles. The van der Waals surface area contributed by atoms with Crippen LogP contribution in [0.15, 0.2) is 11.6 Å². The Hall–Kier alpha value is -1.27. The van der Waals surface area contributed by atoms with E-state index in [1.807, 2.05) is 0 Å². The van der Waals surface area contributed by atoms with E-state index in [1.54, 1.807) is 11.6 Å². The number of aromatic nitrogens is 1. The normalized spacial score (nSPS) is 16.8. The number of nitrogens with zero attached hydrogens (tertiary/aromatic N) is 1. The molecule has 1 aliphatic rings. The van der Waals surface area contributed by atoms with Gasteiger partial charge in [0.2, 0.25) is 11.7 Å². The van der Waals surface area contributed by atoms with Crippen molar-refractivity contribution in [1.29, 1.82) is 0 Å². The molecule has 6 heteroatoms. The Balaban J connectivity index is 1.97. The molecule has 0 aliphatic heterocycles. The number of Topliss-reactive ketones (excluding diaryl/α,β-unsaturated/α-hetero) is 1. The van der Waals surface area contributed by atoms with Crippen LogP contribution < -0.4 is 11.1 Å². The first kappa shape index (κ1) is 16.1. The zero-order valence-corrected chi connectivity index (χ0v) is 13.0. The van der Waals surface area contributed by atoms with Crippen LogP contribution in [0.25, 0.3) is 0 Å². The topological polar surface area (TPSA) is 85.1 Å². The van der Waals surface area contributed by atoms with Gasteiger partial charge in [0.15, 0.2) is 5.01 Å². The maximum atomic E-state index is 12.5. The molecular weight excluding hydrogens is 286 g/mol. The highest BCUT2D eigenvalue weighted by molar-refractivity contribution is 7.11. The lowest BCUT2D eigenvalue weighted by Gasteiger charge is -2.19. The van der Waals surface area contributed by atoms with E-state index in [2.05, 4.69) is 10.3 Å². The minimum Gasteiger partial charge on any atom is -0.346 e. The highest BCUT2D eigenvalue weighted by atomic mass is 32.1. The monoisotopic (exact) mass is 309 g/mol. The van der Waals surface area contributed by atoms with Crippen molar-refractivity contribution in [1.82, 2.24) is 10.3 Å². The van der Waals surface area contributed by atoms with E-state index in [-0.39, 0.29) is 17.6 Å². The summed E-state index contributed by atoms with van der Waals surface area (Å²) in [7, 11) is 0. The minimum atomic E-state index is -0.462. The molecule has 1 unspecified atom stereocenters. The Bertz CT molecular complexity index is 455. The van der Waals surface area contributed by atoms with Gasteiger partial charge < -0.3 is 11.1 Å². The van der Waals surface area contributed by atoms with Crippen molar-refractivity contribution in [3.05, 3.63) is 16.6 Å². The van der Waals surface area contributed by atoms with Gasteiger partial charge in [-0.2, -0.15) is 0 Å². The third-order valence-electron chi connectivity index (χ3n) is 3.95. The Morgan fingerprint density at radius 1 is 1.38 bits per heavy atom. The Kier molecular flexibility index (Phi) is 6.32. The summed E-state index contributed by atoms with van der Waals surface area (Å²) in [5, 5.41) is 5.20. The molecule has 1 aromatic rings. The Morgan fingerprint density at radius 2 is 2.14 bits per heavy atom. The zero-order chi connectivity index (χ0) is 15.1. The van der Waals surface area contributed by atoms with Gasteiger partial charge in [-0.15, -0.1) is 11.3 Å². The fourth-order valence-electron chi connectivity index (χ4n) is 2.73. The maximum Gasteiger partial charge on any atom is 0.223 e.